The summed E-state index contributed by atoms with van der Waals surface area (Å²) in [6.07, 6.45) is 1.68. The van der Waals surface area contributed by atoms with E-state index in [4.69, 9.17) is 9.63 Å². The lowest BCUT2D eigenvalue weighted by Crippen LogP contribution is -2.11. The molecule has 0 atom stereocenters. The van der Waals surface area contributed by atoms with Crippen LogP contribution in [0.5, 0.6) is 0 Å². The molecule has 3 rings (SSSR count). The van der Waals surface area contributed by atoms with Gasteiger partial charge in [0.15, 0.2) is 5.76 Å². The van der Waals surface area contributed by atoms with Crippen LogP contribution in [0.1, 0.15) is 16.2 Å². The maximum atomic E-state index is 10.9. The molecule has 3 heterocycles. The van der Waals surface area contributed by atoms with Gasteiger partial charge in [-0.1, -0.05) is 5.16 Å². The molecule has 0 saturated heterocycles. The number of carboxylic acids is 1. The number of pyridine rings is 1. The van der Waals surface area contributed by atoms with Crippen LogP contribution in [0.4, 0.5) is 5.69 Å². The smallest absolute Gasteiger partial charge is 0.360 e. The van der Waals surface area contributed by atoms with Gasteiger partial charge in [-0.25, -0.2) is 4.79 Å². The molecule has 1 aliphatic heterocycles. The molecule has 0 unspecified atom stereocenters. The van der Waals surface area contributed by atoms with E-state index in [9.17, 15) is 4.79 Å². The molecule has 0 saturated carbocycles. The van der Waals surface area contributed by atoms with Crippen molar-refractivity contribution in [2.24, 2.45) is 0 Å². The summed E-state index contributed by atoms with van der Waals surface area (Å²) in [4.78, 5) is 15.0. The van der Waals surface area contributed by atoms with Crippen molar-refractivity contribution in [2.75, 3.05) is 5.32 Å². The molecule has 0 aliphatic carbocycles. The highest BCUT2D eigenvalue weighted by Crippen LogP contribution is 2.36. The van der Waals surface area contributed by atoms with Gasteiger partial charge in [0.05, 0.1) is 12.2 Å². The third-order valence-electron chi connectivity index (χ3n) is 2.46. The summed E-state index contributed by atoms with van der Waals surface area (Å²) >= 11 is 0. The largest absolute Gasteiger partial charge is 0.476 e. The van der Waals surface area contributed by atoms with Gasteiger partial charge in [-0.05, 0) is 12.1 Å². The fourth-order valence-corrected chi connectivity index (χ4v) is 1.74. The molecular formula is C10H7N3O3. The van der Waals surface area contributed by atoms with Crippen molar-refractivity contribution in [2.45, 2.75) is 6.54 Å². The molecule has 0 amide bonds. The molecule has 0 spiro atoms. The van der Waals surface area contributed by atoms with Crippen LogP contribution in [0, 0.1) is 0 Å². The standard InChI is InChI=1S/C10H7N3O3/c14-10(15)8-7-9(16-13-8)5-2-1-3-11-6(5)4-12-7/h1-3,12H,4H2,(H,14,15). The quantitative estimate of drug-likeness (QED) is 0.749. The maximum absolute atomic E-state index is 10.9. The first-order chi connectivity index (χ1) is 7.77. The lowest BCUT2D eigenvalue weighted by atomic mass is 10.1. The van der Waals surface area contributed by atoms with Crippen LogP contribution in [0.3, 0.4) is 0 Å². The van der Waals surface area contributed by atoms with Gasteiger partial charge in [0.1, 0.15) is 5.69 Å². The predicted octanol–water partition coefficient (Wildman–Crippen LogP) is 1.36. The second kappa shape index (κ2) is 3.06. The average molecular weight is 217 g/mol. The summed E-state index contributed by atoms with van der Waals surface area (Å²) in [5, 5.41) is 15.4. The first-order valence-corrected chi connectivity index (χ1v) is 4.68. The Morgan fingerprint density at radius 1 is 1.56 bits per heavy atom. The van der Waals surface area contributed by atoms with Gasteiger partial charge < -0.3 is 14.9 Å². The lowest BCUT2D eigenvalue weighted by molar-refractivity contribution is 0.0687. The molecule has 2 aromatic heterocycles. The second-order valence-electron chi connectivity index (χ2n) is 3.39. The van der Waals surface area contributed by atoms with Crippen molar-refractivity contribution in [1.29, 1.82) is 0 Å². The third-order valence-corrected chi connectivity index (χ3v) is 2.46. The molecule has 80 valence electrons. The number of carboxylic acid groups (broad SMARTS) is 1. The summed E-state index contributed by atoms with van der Waals surface area (Å²) in [5.74, 6) is -0.670. The zero-order valence-corrected chi connectivity index (χ0v) is 8.10. The van der Waals surface area contributed by atoms with Gasteiger partial charge in [0.2, 0.25) is 5.69 Å². The van der Waals surface area contributed by atoms with Gasteiger partial charge in [0, 0.05) is 11.8 Å². The van der Waals surface area contributed by atoms with Crippen molar-refractivity contribution in [3.63, 3.8) is 0 Å². The zero-order valence-electron chi connectivity index (χ0n) is 8.10. The van der Waals surface area contributed by atoms with Gasteiger partial charge in [0.25, 0.3) is 0 Å². The molecule has 6 heteroatoms. The number of fused-ring (bicyclic) bond motifs is 3. The van der Waals surface area contributed by atoms with Crippen molar-refractivity contribution >= 4 is 11.7 Å². The zero-order chi connectivity index (χ0) is 11.1. The van der Waals surface area contributed by atoms with Crippen molar-refractivity contribution in [1.82, 2.24) is 10.1 Å². The van der Waals surface area contributed by atoms with Crippen LogP contribution in [0.25, 0.3) is 11.3 Å². The van der Waals surface area contributed by atoms with E-state index in [-0.39, 0.29) is 5.69 Å². The SMILES string of the molecule is O=C(O)c1noc2c1NCc1ncccc1-2. The molecule has 0 aromatic carbocycles. The van der Waals surface area contributed by atoms with E-state index in [1.54, 1.807) is 12.3 Å². The minimum Gasteiger partial charge on any atom is -0.476 e. The van der Waals surface area contributed by atoms with Crippen molar-refractivity contribution < 1.29 is 14.4 Å². The number of rotatable bonds is 1. The van der Waals surface area contributed by atoms with Crippen LogP contribution in [0.2, 0.25) is 0 Å². The Labute approximate surface area is 89.9 Å². The summed E-state index contributed by atoms with van der Waals surface area (Å²) < 4.78 is 5.04. The van der Waals surface area contributed by atoms with E-state index in [0.29, 0.717) is 18.0 Å². The number of aromatic nitrogens is 2. The predicted molar refractivity (Wildman–Crippen MR) is 54.0 cm³/mol. The maximum Gasteiger partial charge on any atom is 0.360 e. The van der Waals surface area contributed by atoms with E-state index in [2.05, 4.69) is 15.5 Å². The third kappa shape index (κ3) is 1.10. The summed E-state index contributed by atoms with van der Waals surface area (Å²) in [6.45, 7) is 0.477. The summed E-state index contributed by atoms with van der Waals surface area (Å²) in [5.41, 5.74) is 1.94. The highest BCUT2D eigenvalue weighted by molar-refractivity contribution is 5.96. The molecule has 2 N–H and O–H groups in total. The molecule has 0 bridgehead atoms. The van der Waals surface area contributed by atoms with E-state index in [1.165, 1.54) is 0 Å². The Hall–Kier alpha value is -2.37. The molecule has 1 aliphatic rings. The number of hydrogen-bond donors (Lipinski definition) is 2. The average Bonchev–Trinajstić information content (AvgIpc) is 2.73. The molecule has 2 aromatic rings. The Morgan fingerprint density at radius 2 is 2.44 bits per heavy atom. The first-order valence-electron chi connectivity index (χ1n) is 4.68. The van der Waals surface area contributed by atoms with E-state index in [1.807, 2.05) is 6.07 Å². The molecule has 6 nitrogen and oxygen atoms in total. The van der Waals surface area contributed by atoms with Gasteiger partial charge in [-0.3, -0.25) is 4.98 Å². The normalized spacial score (nSPS) is 12.5. The highest BCUT2D eigenvalue weighted by atomic mass is 16.5. The van der Waals surface area contributed by atoms with E-state index < -0.39 is 5.97 Å². The summed E-state index contributed by atoms with van der Waals surface area (Å²) in [6, 6.07) is 3.61. The van der Waals surface area contributed by atoms with Crippen molar-refractivity contribution in [3.8, 4) is 11.3 Å². The Morgan fingerprint density at radius 3 is 3.25 bits per heavy atom. The Bertz CT molecular complexity index is 576. The number of carbonyl (C=O) groups is 1. The first kappa shape index (κ1) is 8.90. The minimum atomic E-state index is -1.11. The monoisotopic (exact) mass is 217 g/mol. The number of nitrogens with zero attached hydrogens (tertiary/aromatic N) is 2. The Balaban J connectivity index is 2.23. The van der Waals surface area contributed by atoms with E-state index >= 15 is 0 Å². The van der Waals surface area contributed by atoms with Crippen LogP contribution >= 0.6 is 0 Å². The molecule has 16 heavy (non-hydrogen) atoms. The van der Waals surface area contributed by atoms with Crippen LogP contribution in [-0.4, -0.2) is 21.2 Å². The fourth-order valence-electron chi connectivity index (χ4n) is 1.74. The van der Waals surface area contributed by atoms with Crippen LogP contribution in [-0.2, 0) is 6.54 Å². The highest BCUT2D eigenvalue weighted by Gasteiger charge is 2.27. The number of aromatic carboxylic acids is 1. The van der Waals surface area contributed by atoms with Crippen molar-refractivity contribution in [3.05, 3.63) is 29.7 Å². The lowest BCUT2D eigenvalue weighted by Gasteiger charge is -2.14. The van der Waals surface area contributed by atoms with Crippen LogP contribution < -0.4 is 5.32 Å². The van der Waals surface area contributed by atoms with E-state index in [0.717, 1.165) is 11.3 Å². The fraction of sp³-hybridized carbons (Fsp3) is 0.100. The minimum absolute atomic E-state index is 0.0931. The van der Waals surface area contributed by atoms with Gasteiger partial charge in [-0.2, -0.15) is 0 Å². The summed E-state index contributed by atoms with van der Waals surface area (Å²) in [7, 11) is 0. The number of anilines is 1. The molecule has 0 fully saturated rings. The number of hydrogen-bond acceptors (Lipinski definition) is 5. The topological polar surface area (TPSA) is 88.2 Å². The Kier molecular flexibility index (Phi) is 1.70. The second-order valence-corrected chi connectivity index (χ2v) is 3.39. The van der Waals surface area contributed by atoms with Gasteiger partial charge >= 0.3 is 5.97 Å². The van der Waals surface area contributed by atoms with Gasteiger partial charge in [-0.15, -0.1) is 0 Å². The van der Waals surface area contributed by atoms with Crippen LogP contribution in [0.15, 0.2) is 22.9 Å². The molecular weight excluding hydrogens is 210 g/mol. The molecule has 0 radical (unpaired) electrons. The number of nitrogens with one attached hydrogen (secondary N) is 1.